The molecule has 126 valence electrons. The number of carboxylic acid groups (broad SMARTS) is 1. The summed E-state index contributed by atoms with van der Waals surface area (Å²) < 4.78 is 0. The molecule has 0 bridgehead atoms. The molecule has 0 radical (unpaired) electrons. The second kappa shape index (κ2) is 8.18. The third-order valence-corrected chi connectivity index (χ3v) is 4.37. The van der Waals surface area contributed by atoms with Crippen LogP contribution in [0.4, 0.5) is 5.69 Å². The lowest BCUT2D eigenvalue weighted by Crippen LogP contribution is -2.32. The lowest BCUT2D eigenvalue weighted by molar-refractivity contribution is -0.306. The number of amides is 1. The van der Waals surface area contributed by atoms with E-state index in [1.54, 1.807) is 49.4 Å². The fraction of sp³-hybridized carbons (Fsp3) is 0.222. The van der Waals surface area contributed by atoms with Gasteiger partial charge in [-0.2, -0.15) is 0 Å². The van der Waals surface area contributed by atoms with Gasteiger partial charge in [-0.05, 0) is 55.2 Å². The van der Waals surface area contributed by atoms with Gasteiger partial charge in [0.25, 0.3) is 0 Å². The highest BCUT2D eigenvalue weighted by atomic mass is 35.5. The Bertz CT molecular complexity index is 744. The van der Waals surface area contributed by atoms with E-state index in [4.69, 9.17) is 23.2 Å². The molecular formula is C18H16Cl2NO3-. The molecule has 0 heterocycles. The maximum absolute atomic E-state index is 12.5. The number of carbonyl (C=O) groups is 2. The molecule has 0 aromatic heterocycles. The van der Waals surface area contributed by atoms with Gasteiger partial charge in [-0.1, -0.05) is 41.4 Å². The molecule has 1 atom stereocenters. The smallest absolute Gasteiger partial charge is 0.228 e. The first-order valence-electron chi connectivity index (χ1n) is 7.37. The van der Waals surface area contributed by atoms with Gasteiger partial charge in [-0.25, -0.2) is 0 Å². The van der Waals surface area contributed by atoms with Crippen LogP contribution >= 0.6 is 23.2 Å². The zero-order valence-corrected chi connectivity index (χ0v) is 14.5. The van der Waals surface area contributed by atoms with E-state index in [9.17, 15) is 14.7 Å². The third kappa shape index (κ3) is 4.98. The molecule has 0 fully saturated rings. The summed E-state index contributed by atoms with van der Waals surface area (Å²) in [4.78, 5) is 23.5. The highest BCUT2D eigenvalue weighted by Gasteiger charge is 2.20. The number of rotatable bonds is 6. The van der Waals surface area contributed by atoms with Crippen molar-refractivity contribution >= 4 is 40.8 Å². The first kappa shape index (κ1) is 18.3. The molecule has 24 heavy (non-hydrogen) atoms. The van der Waals surface area contributed by atoms with Crippen molar-refractivity contribution in [3.05, 3.63) is 63.6 Å². The molecule has 0 aliphatic rings. The summed E-state index contributed by atoms with van der Waals surface area (Å²) in [6.07, 6.45) is -0.0926. The average molecular weight is 365 g/mol. The number of anilines is 1. The number of carbonyl (C=O) groups excluding carboxylic acids is 2. The van der Waals surface area contributed by atoms with Crippen LogP contribution in [0.3, 0.4) is 0 Å². The summed E-state index contributed by atoms with van der Waals surface area (Å²) in [5, 5.41) is 14.9. The summed E-state index contributed by atoms with van der Waals surface area (Å²) in [6, 6.07) is 12.1. The Morgan fingerprint density at radius 3 is 2.42 bits per heavy atom. The van der Waals surface area contributed by atoms with Gasteiger partial charge in [-0.3, -0.25) is 4.79 Å². The Labute approximate surface area is 150 Å². The second-order valence-electron chi connectivity index (χ2n) is 5.51. The molecule has 0 saturated carbocycles. The van der Waals surface area contributed by atoms with Crippen LogP contribution in [0.25, 0.3) is 0 Å². The summed E-state index contributed by atoms with van der Waals surface area (Å²) in [5.74, 6) is -2.42. The Morgan fingerprint density at radius 2 is 1.79 bits per heavy atom. The molecule has 0 unspecified atom stereocenters. The quantitative estimate of drug-likeness (QED) is 0.855. The van der Waals surface area contributed by atoms with Gasteiger partial charge >= 0.3 is 0 Å². The molecule has 4 nitrogen and oxygen atoms in total. The molecule has 2 aromatic rings. The van der Waals surface area contributed by atoms with Crippen LogP contribution in [-0.4, -0.2) is 11.9 Å². The van der Waals surface area contributed by atoms with E-state index in [0.717, 1.165) is 11.1 Å². The third-order valence-electron chi connectivity index (χ3n) is 3.70. The van der Waals surface area contributed by atoms with E-state index < -0.39 is 11.9 Å². The molecule has 6 heteroatoms. The van der Waals surface area contributed by atoms with Crippen molar-refractivity contribution in [2.75, 3.05) is 5.32 Å². The van der Waals surface area contributed by atoms with Crippen LogP contribution in [0.2, 0.25) is 10.0 Å². The fourth-order valence-electron chi connectivity index (χ4n) is 2.34. The minimum Gasteiger partial charge on any atom is -0.550 e. The van der Waals surface area contributed by atoms with Crippen molar-refractivity contribution in [1.82, 2.24) is 0 Å². The maximum atomic E-state index is 12.5. The van der Waals surface area contributed by atoms with Crippen molar-refractivity contribution in [2.24, 2.45) is 5.92 Å². The number of benzene rings is 2. The topological polar surface area (TPSA) is 69.2 Å². The van der Waals surface area contributed by atoms with Crippen molar-refractivity contribution in [3.63, 3.8) is 0 Å². The van der Waals surface area contributed by atoms with E-state index in [-0.39, 0.29) is 18.7 Å². The first-order valence-corrected chi connectivity index (χ1v) is 8.12. The van der Waals surface area contributed by atoms with E-state index >= 15 is 0 Å². The monoisotopic (exact) mass is 364 g/mol. The normalized spacial score (nSPS) is 11.8. The van der Waals surface area contributed by atoms with Crippen molar-refractivity contribution in [2.45, 2.75) is 19.8 Å². The Kier molecular flexibility index (Phi) is 6.23. The molecule has 0 aliphatic heterocycles. The number of nitrogens with one attached hydrogen (secondary N) is 1. The van der Waals surface area contributed by atoms with Crippen molar-refractivity contribution < 1.29 is 14.7 Å². The van der Waals surface area contributed by atoms with Gasteiger partial charge < -0.3 is 15.2 Å². The predicted molar refractivity (Wildman–Crippen MR) is 93.1 cm³/mol. The van der Waals surface area contributed by atoms with E-state index in [1.165, 1.54) is 0 Å². The van der Waals surface area contributed by atoms with Crippen LogP contribution < -0.4 is 10.4 Å². The summed E-state index contributed by atoms with van der Waals surface area (Å²) in [5.41, 5.74) is 2.11. The summed E-state index contributed by atoms with van der Waals surface area (Å²) in [6.45, 7) is 1.78. The number of hydrogen-bond donors (Lipinski definition) is 1. The molecule has 2 aromatic carbocycles. The first-order chi connectivity index (χ1) is 11.4. The molecule has 2 rings (SSSR count). The maximum Gasteiger partial charge on any atom is 0.228 e. The van der Waals surface area contributed by atoms with Crippen LogP contribution in [0.15, 0.2) is 42.5 Å². The molecule has 0 saturated heterocycles. The fourth-order valence-corrected chi connectivity index (χ4v) is 2.64. The van der Waals surface area contributed by atoms with Crippen molar-refractivity contribution in [1.29, 1.82) is 0 Å². The number of carboxylic acids is 1. The number of halogens is 2. The average Bonchev–Trinajstić information content (AvgIpc) is 2.53. The van der Waals surface area contributed by atoms with Gasteiger partial charge in [0.1, 0.15) is 0 Å². The molecular weight excluding hydrogens is 349 g/mol. The highest BCUT2D eigenvalue weighted by Crippen LogP contribution is 2.24. The number of aliphatic carboxylic acids is 1. The van der Waals surface area contributed by atoms with Crippen LogP contribution in [0.1, 0.15) is 17.5 Å². The SMILES string of the molecule is Cc1c(Cl)cccc1NC(=O)[C@@H](CC(=O)[O-])Cc1ccc(Cl)cc1. The summed E-state index contributed by atoms with van der Waals surface area (Å²) in [7, 11) is 0. The lowest BCUT2D eigenvalue weighted by atomic mass is 9.95. The zero-order chi connectivity index (χ0) is 17.7. The van der Waals surface area contributed by atoms with Gasteiger partial charge in [0.15, 0.2) is 0 Å². The van der Waals surface area contributed by atoms with Crippen LogP contribution in [0.5, 0.6) is 0 Å². The largest absolute Gasteiger partial charge is 0.550 e. The minimum atomic E-state index is -1.27. The van der Waals surface area contributed by atoms with Gasteiger partial charge in [0, 0.05) is 27.6 Å². The van der Waals surface area contributed by atoms with E-state index in [1.807, 2.05) is 0 Å². The van der Waals surface area contributed by atoms with E-state index in [2.05, 4.69) is 5.32 Å². The van der Waals surface area contributed by atoms with Crippen LogP contribution in [-0.2, 0) is 16.0 Å². The number of hydrogen-bond acceptors (Lipinski definition) is 3. The lowest BCUT2D eigenvalue weighted by Gasteiger charge is -2.18. The molecule has 1 amide bonds. The molecule has 0 aliphatic carbocycles. The standard InChI is InChI=1S/C18H17Cl2NO3/c1-11-15(20)3-2-4-16(11)21-18(24)13(10-17(22)23)9-12-5-7-14(19)8-6-12/h2-8,13H,9-10H2,1H3,(H,21,24)(H,22,23)/p-1/t13-/m1/s1. The highest BCUT2D eigenvalue weighted by molar-refractivity contribution is 6.31. The second-order valence-corrected chi connectivity index (χ2v) is 6.35. The van der Waals surface area contributed by atoms with Gasteiger partial charge in [-0.15, -0.1) is 0 Å². The Morgan fingerprint density at radius 1 is 1.12 bits per heavy atom. The molecule has 1 N–H and O–H groups in total. The predicted octanol–water partition coefficient (Wildman–Crippen LogP) is 3.24. The summed E-state index contributed by atoms with van der Waals surface area (Å²) >= 11 is 11.9. The van der Waals surface area contributed by atoms with Gasteiger partial charge in [0.2, 0.25) is 5.91 Å². The minimum absolute atomic E-state index is 0.274. The van der Waals surface area contributed by atoms with Gasteiger partial charge in [0.05, 0.1) is 0 Å². The van der Waals surface area contributed by atoms with Crippen molar-refractivity contribution in [3.8, 4) is 0 Å². The van der Waals surface area contributed by atoms with Crippen LogP contribution in [0, 0.1) is 12.8 Å². The van der Waals surface area contributed by atoms with E-state index in [0.29, 0.717) is 15.7 Å². The molecule has 0 spiro atoms. The zero-order valence-electron chi connectivity index (χ0n) is 13.0. The Balaban J connectivity index is 2.17. The Hall–Kier alpha value is -2.04.